The summed E-state index contributed by atoms with van der Waals surface area (Å²) in [5.41, 5.74) is 9.22. The van der Waals surface area contributed by atoms with Crippen LogP contribution in [0.3, 0.4) is 0 Å². The maximum Gasteiger partial charge on any atom is 0.166 e. The molecular weight excluding hydrogens is 439 g/mol. The van der Waals surface area contributed by atoms with Crippen LogP contribution in [0.2, 0.25) is 5.02 Å². The lowest BCUT2D eigenvalue weighted by Gasteiger charge is -2.16. The van der Waals surface area contributed by atoms with Crippen molar-refractivity contribution in [2.75, 3.05) is 6.61 Å². The molecule has 3 aromatic rings. The minimum Gasteiger partial charge on any atom is -0.489 e. The first-order valence-corrected chi connectivity index (χ1v) is 11.2. The Morgan fingerprint density at radius 3 is 2.55 bits per heavy atom. The number of hydrogen-bond donors (Lipinski definition) is 2. The molecule has 2 heterocycles. The number of nitrogens with two attached hydrogens (primary N) is 1. The summed E-state index contributed by atoms with van der Waals surface area (Å²) in [5, 5.41) is 19.2. The number of aromatic nitrogens is 3. The number of pyridine rings is 1. The number of aliphatic hydroxyl groups is 1. The summed E-state index contributed by atoms with van der Waals surface area (Å²) in [5.74, 6) is -0.0835. The molecule has 2 atom stereocenters. The predicted octanol–water partition coefficient (Wildman–Crippen LogP) is 4.65. The third-order valence-corrected chi connectivity index (χ3v) is 6.09. The van der Waals surface area contributed by atoms with E-state index in [-0.39, 0.29) is 17.4 Å². The van der Waals surface area contributed by atoms with Crippen LogP contribution < -0.4 is 10.5 Å². The summed E-state index contributed by atoms with van der Waals surface area (Å²) in [6, 6.07) is 4.00. The van der Waals surface area contributed by atoms with Gasteiger partial charge in [0.05, 0.1) is 17.2 Å². The van der Waals surface area contributed by atoms with E-state index in [4.69, 9.17) is 22.1 Å². The molecule has 3 N–H and O–H groups in total. The van der Waals surface area contributed by atoms with Gasteiger partial charge in [0.1, 0.15) is 17.3 Å². The standard InChI is InChI=1S/C22H26ClFN4O2S/c1-11(2)5-14-9-26-19(6-12(14)3)22-28-27-21(31-22)15-7-17(24)20(8-16(15)23)30-10-18(25)13(4)29/h6-9,11,13,18,29H,5,10,25H2,1-4H3. The third-order valence-electron chi connectivity index (χ3n) is 4.79. The zero-order valence-corrected chi connectivity index (χ0v) is 19.5. The summed E-state index contributed by atoms with van der Waals surface area (Å²) in [6.07, 6.45) is 2.07. The van der Waals surface area contributed by atoms with Gasteiger partial charge in [0.25, 0.3) is 0 Å². The minimum absolute atomic E-state index is 0.0346. The van der Waals surface area contributed by atoms with Crippen molar-refractivity contribution < 1.29 is 14.2 Å². The molecule has 0 bridgehead atoms. The monoisotopic (exact) mass is 464 g/mol. The molecule has 9 heteroatoms. The van der Waals surface area contributed by atoms with E-state index in [1.165, 1.54) is 29.0 Å². The third kappa shape index (κ3) is 5.77. The van der Waals surface area contributed by atoms with E-state index >= 15 is 0 Å². The molecule has 0 saturated heterocycles. The van der Waals surface area contributed by atoms with Gasteiger partial charge in [0.2, 0.25) is 0 Å². The van der Waals surface area contributed by atoms with Crippen molar-refractivity contribution in [2.45, 2.75) is 46.3 Å². The van der Waals surface area contributed by atoms with Crippen LogP contribution in [0.4, 0.5) is 4.39 Å². The second-order valence-electron chi connectivity index (χ2n) is 7.98. The van der Waals surface area contributed by atoms with Crippen LogP contribution in [0, 0.1) is 18.7 Å². The van der Waals surface area contributed by atoms with Gasteiger partial charge < -0.3 is 15.6 Å². The molecule has 0 spiro atoms. The molecule has 0 saturated carbocycles. The molecule has 1 aromatic carbocycles. The van der Waals surface area contributed by atoms with Gasteiger partial charge in [0, 0.05) is 17.8 Å². The average Bonchev–Trinajstić information content (AvgIpc) is 3.19. The second kappa shape index (κ2) is 9.99. The van der Waals surface area contributed by atoms with Crippen LogP contribution >= 0.6 is 22.9 Å². The number of aliphatic hydroxyl groups excluding tert-OH is 1. The molecule has 0 radical (unpaired) electrons. The largest absolute Gasteiger partial charge is 0.489 e. The molecule has 2 unspecified atom stereocenters. The zero-order valence-electron chi connectivity index (χ0n) is 17.9. The van der Waals surface area contributed by atoms with Crippen molar-refractivity contribution in [3.05, 3.63) is 46.4 Å². The van der Waals surface area contributed by atoms with Crippen molar-refractivity contribution in [1.82, 2.24) is 15.2 Å². The van der Waals surface area contributed by atoms with Gasteiger partial charge in [-0.25, -0.2) is 4.39 Å². The fourth-order valence-corrected chi connectivity index (χ4v) is 4.06. The fourth-order valence-electron chi connectivity index (χ4n) is 2.92. The second-order valence-corrected chi connectivity index (χ2v) is 9.37. The zero-order chi connectivity index (χ0) is 22.7. The number of halogens is 2. The van der Waals surface area contributed by atoms with E-state index in [1.54, 1.807) is 6.92 Å². The van der Waals surface area contributed by atoms with Gasteiger partial charge in [-0.15, -0.1) is 10.2 Å². The van der Waals surface area contributed by atoms with Crippen LogP contribution in [0.5, 0.6) is 5.75 Å². The van der Waals surface area contributed by atoms with E-state index in [0.29, 0.717) is 21.5 Å². The van der Waals surface area contributed by atoms with Crippen LogP contribution in [-0.2, 0) is 6.42 Å². The molecule has 0 aliphatic rings. The minimum atomic E-state index is -0.769. The predicted molar refractivity (Wildman–Crippen MR) is 122 cm³/mol. The smallest absolute Gasteiger partial charge is 0.166 e. The SMILES string of the molecule is Cc1cc(-c2nnc(-c3cc(F)c(OCC(N)C(C)O)cc3Cl)s2)ncc1CC(C)C. The van der Waals surface area contributed by atoms with Crippen LogP contribution in [0.1, 0.15) is 31.9 Å². The summed E-state index contributed by atoms with van der Waals surface area (Å²) in [4.78, 5) is 4.53. The van der Waals surface area contributed by atoms with Crippen molar-refractivity contribution in [3.8, 4) is 27.0 Å². The number of nitrogens with zero attached hydrogens (tertiary/aromatic N) is 3. The Hall–Kier alpha value is -2.13. The molecule has 2 aromatic heterocycles. The van der Waals surface area contributed by atoms with Gasteiger partial charge in [-0.2, -0.15) is 0 Å². The lowest BCUT2D eigenvalue weighted by molar-refractivity contribution is 0.129. The highest BCUT2D eigenvalue weighted by atomic mass is 35.5. The average molecular weight is 465 g/mol. The quantitative estimate of drug-likeness (QED) is 0.503. The Morgan fingerprint density at radius 2 is 1.90 bits per heavy atom. The van der Waals surface area contributed by atoms with Crippen molar-refractivity contribution in [2.24, 2.45) is 11.7 Å². The van der Waals surface area contributed by atoms with Gasteiger partial charge >= 0.3 is 0 Å². The van der Waals surface area contributed by atoms with Crippen molar-refractivity contribution >= 4 is 22.9 Å². The first-order valence-electron chi connectivity index (χ1n) is 10.0. The molecule has 0 aliphatic heterocycles. The molecule has 0 fully saturated rings. The Morgan fingerprint density at radius 1 is 1.19 bits per heavy atom. The Labute approximate surface area is 190 Å². The first kappa shape index (κ1) is 23.5. The topological polar surface area (TPSA) is 94.2 Å². The van der Waals surface area contributed by atoms with E-state index in [2.05, 4.69) is 36.0 Å². The molecule has 31 heavy (non-hydrogen) atoms. The van der Waals surface area contributed by atoms with Crippen LogP contribution in [-0.4, -0.2) is 39.0 Å². The number of aryl methyl sites for hydroxylation is 1. The highest BCUT2D eigenvalue weighted by molar-refractivity contribution is 7.17. The van der Waals surface area contributed by atoms with E-state index in [0.717, 1.165) is 17.7 Å². The van der Waals surface area contributed by atoms with Gasteiger partial charge in [-0.1, -0.05) is 36.8 Å². The summed E-state index contributed by atoms with van der Waals surface area (Å²) >= 11 is 7.65. The Kier molecular flexibility index (Phi) is 7.59. The van der Waals surface area contributed by atoms with Crippen LogP contribution in [0.15, 0.2) is 24.4 Å². The number of rotatable bonds is 8. The lowest BCUT2D eigenvalue weighted by Crippen LogP contribution is -2.38. The van der Waals surface area contributed by atoms with Crippen LogP contribution in [0.25, 0.3) is 21.3 Å². The van der Waals surface area contributed by atoms with Crippen molar-refractivity contribution in [1.29, 1.82) is 0 Å². The molecule has 3 rings (SSSR count). The highest BCUT2D eigenvalue weighted by Crippen LogP contribution is 2.37. The van der Waals surface area contributed by atoms with Gasteiger partial charge in [-0.3, -0.25) is 4.98 Å². The number of ether oxygens (including phenoxy) is 1. The summed E-state index contributed by atoms with van der Waals surface area (Å²) in [6.45, 7) is 7.90. The van der Waals surface area contributed by atoms with Crippen molar-refractivity contribution in [3.63, 3.8) is 0 Å². The van der Waals surface area contributed by atoms with E-state index < -0.39 is 18.0 Å². The summed E-state index contributed by atoms with van der Waals surface area (Å²) in [7, 11) is 0. The van der Waals surface area contributed by atoms with E-state index in [9.17, 15) is 9.50 Å². The summed E-state index contributed by atoms with van der Waals surface area (Å²) < 4.78 is 19.9. The molecule has 0 amide bonds. The fraction of sp³-hybridized carbons (Fsp3) is 0.409. The van der Waals surface area contributed by atoms with Gasteiger partial charge in [0.15, 0.2) is 16.6 Å². The lowest BCUT2D eigenvalue weighted by atomic mass is 10.0. The Balaban J connectivity index is 1.82. The maximum atomic E-state index is 14.6. The molecule has 166 valence electrons. The van der Waals surface area contributed by atoms with E-state index in [1.807, 2.05) is 12.3 Å². The number of benzene rings is 1. The number of hydrogen-bond acceptors (Lipinski definition) is 7. The molecule has 6 nitrogen and oxygen atoms in total. The molecular formula is C22H26ClFN4O2S. The Bertz CT molecular complexity index is 1060. The molecule has 0 aliphatic carbocycles. The maximum absolute atomic E-state index is 14.6. The van der Waals surface area contributed by atoms with Gasteiger partial charge in [-0.05, 0) is 49.4 Å². The highest BCUT2D eigenvalue weighted by Gasteiger charge is 2.18. The first-order chi connectivity index (χ1) is 14.7. The normalized spacial score (nSPS) is 13.5.